The molecule has 0 fully saturated rings. The van der Waals surface area contributed by atoms with E-state index in [0.29, 0.717) is 6.61 Å². The minimum atomic E-state index is 0.103. The highest BCUT2D eigenvalue weighted by Crippen LogP contribution is 2.08. The molecule has 0 saturated heterocycles. The fraction of sp³-hybridized carbons (Fsp3) is 0.375. The Morgan fingerprint density at radius 2 is 2.54 bits per heavy atom. The molecule has 0 aliphatic heterocycles. The highest BCUT2D eigenvalue weighted by Gasteiger charge is 1.95. The van der Waals surface area contributed by atoms with Gasteiger partial charge in [-0.25, -0.2) is 0 Å². The lowest BCUT2D eigenvalue weighted by Crippen LogP contribution is -2.19. The topological polar surface area (TPSA) is 67.8 Å². The quantitative estimate of drug-likeness (QED) is 0.245. The van der Waals surface area contributed by atoms with Gasteiger partial charge in [-0.1, -0.05) is 11.2 Å². The third-order valence-electron chi connectivity index (χ3n) is 1.45. The number of rotatable bonds is 5. The summed E-state index contributed by atoms with van der Waals surface area (Å²) < 4.78 is 5.15. The van der Waals surface area contributed by atoms with Crippen LogP contribution in [-0.2, 0) is 11.2 Å². The molecular formula is C8H12N2O2S. The fourth-order valence-electron chi connectivity index (χ4n) is 0.833. The number of amidine groups is 1. The number of ether oxygens (including phenoxy) is 1. The van der Waals surface area contributed by atoms with Crippen LogP contribution < -0.4 is 5.73 Å². The summed E-state index contributed by atoms with van der Waals surface area (Å²) in [7, 11) is 0. The molecule has 0 radical (unpaired) electrons. The summed E-state index contributed by atoms with van der Waals surface area (Å²) in [5, 5.41) is 13.0. The molecule has 0 bridgehead atoms. The number of thiophene rings is 1. The van der Waals surface area contributed by atoms with Crippen LogP contribution in [-0.4, -0.2) is 24.3 Å². The molecule has 0 saturated carbocycles. The summed E-state index contributed by atoms with van der Waals surface area (Å²) in [6, 6.07) is 4.06. The molecule has 1 rings (SSSR count). The third-order valence-corrected chi connectivity index (χ3v) is 2.39. The van der Waals surface area contributed by atoms with Gasteiger partial charge in [0, 0.05) is 11.3 Å². The molecule has 5 heteroatoms. The summed E-state index contributed by atoms with van der Waals surface area (Å²) in [4.78, 5) is 1.28. The second kappa shape index (κ2) is 5.55. The van der Waals surface area contributed by atoms with Crippen molar-refractivity contribution in [3.8, 4) is 0 Å². The van der Waals surface area contributed by atoms with Gasteiger partial charge >= 0.3 is 0 Å². The molecule has 0 unspecified atom stereocenters. The van der Waals surface area contributed by atoms with Gasteiger partial charge in [0.1, 0.15) is 6.61 Å². The fourth-order valence-corrected chi connectivity index (χ4v) is 1.52. The van der Waals surface area contributed by atoms with Crippen molar-refractivity contribution >= 4 is 17.2 Å². The number of oxime groups is 1. The number of hydrogen-bond donors (Lipinski definition) is 2. The van der Waals surface area contributed by atoms with Crippen LogP contribution in [0.3, 0.4) is 0 Å². The first-order valence-electron chi connectivity index (χ1n) is 3.89. The molecule has 0 amide bonds. The Morgan fingerprint density at radius 1 is 1.69 bits per heavy atom. The van der Waals surface area contributed by atoms with Crippen LogP contribution in [0.4, 0.5) is 0 Å². The van der Waals surface area contributed by atoms with E-state index in [2.05, 4.69) is 11.2 Å². The van der Waals surface area contributed by atoms with E-state index in [-0.39, 0.29) is 12.4 Å². The predicted molar refractivity (Wildman–Crippen MR) is 52.3 cm³/mol. The second-order valence-corrected chi connectivity index (χ2v) is 3.51. The molecule has 0 aliphatic rings. The first kappa shape index (κ1) is 10.0. The van der Waals surface area contributed by atoms with Crippen molar-refractivity contribution in [1.82, 2.24) is 0 Å². The van der Waals surface area contributed by atoms with Crippen molar-refractivity contribution in [2.75, 3.05) is 13.2 Å². The van der Waals surface area contributed by atoms with Crippen molar-refractivity contribution in [2.45, 2.75) is 6.42 Å². The lowest BCUT2D eigenvalue weighted by Gasteiger charge is -2.00. The molecular weight excluding hydrogens is 188 g/mol. The molecule has 0 atom stereocenters. The summed E-state index contributed by atoms with van der Waals surface area (Å²) in [6.07, 6.45) is 0.871. The van der Waals surface area contributed by atoms with Crippen LogP contribution in [0.1, 0.15) is 4.88 Å². The van der Waals surface area contributed by atoms with Crippen LogP contribution in [0.25, 0.3) is 0 Å². The minimum Gasteiger partial charge on any atom is -0.409 e. The van der Waals surface area contributed by atoms with Crippen LogP contribution in [0, 0.1) is 0 Å². The van der Waals surface area contributed by atoms with E-state index >= 15 is 0 Å². The van der Waals surface area contributed by atoms with E-state index < -0.39 is 0 Å². The molecule has 3 N–H and O–H groups in total. The zero-order valence-corrected chi connectivity index (χ0v) is 7.96. The Labute approximate surface area is 80.6 Å². The van der Waals surface area contributed by atoms with E-state index in [1.54, 1.807) is 11.3 Å². The Hall–Kier alpha value is -1.07. The highest BCUT2D eigenvalue weighted by molar-refractivity contribution is 7.09. The lowest BCUT2D eigenvalue weighted by atomic mass is 10.4. The summed E-state index contributed by atoms with van der Waals surface area (Å²) in [6.45, 7) is 0.776. The van der Waals surface area contributed by atoms with Gasteiger partial charge in [-0.05, 0) is 11.4 Å². The number of nitrogens with zero attached hydrogens (tertiary/aromatic N) is 1. The van der Waals surface area contributed by atoms with E-state index in [4.69, 9.17) is 15.7 Å². The summed E-state index contributed by atoms with van der Waals surface area (Å²) >= 11 is 1.70. The molecule has 0 aliphatic carbocycles. The van der Waals surface area contributed by atoms with Gasteiger partial charge < -0.3 is 15.7 Å². The average Bonchev–Trinajstić information content (AvgIpc) is 2.64. The summed E-state index contributed by atoms with van der Waals surface area (Å²) in [5.74, 6) is 0.103. The maximum Gasteiger partial charge on any atom is 0.165 e. The van der Waals surface area contributed by atoms with Crippen LogP contribution in [0.5, 0.6) is 0 Å². The summed E-state index contributed by atoms with van der Waals surface area (Å²) in [5.41, 5.74) is 5.21. The minimum absolute atomic E-state index is 0.103. The zero-order chi connectivity index (χ0) is 9.52. The lowest BCUT2D eigenvalue weighted by molar-refractivity contribution is 0.171. The van der Waals surface area contributed by atoms with Crippen molar-refractivity contribution in [1.29, 1.82) is 0 Å². The first-order chi connectivity index (χ1) is 6.33. The van der Waals surface area contributed by atoms with Gasteiger partial charge in [0.15, 0.2) is 5.84 Å². The van der Waals surface area contributed by atoms with Crippen LogP contribution in [0.15, 0.2) is 22.7 Å². The van der Waals surface area contributed by atoms with E-state index in [9.17, 15) is 0 Å². The Balaban J connectivity index is 2.08. The Bertz CT molecular complexity index is 259. The molecule has 72 valence electrons. The number of nitrogens with two attached hydrogens (primary N) is 1. The third kappa shape index (κ3) is 3.91. The Morgan fingerprint density at radius 3 is 3.15 bits per heavy atom. The predicted octanol–water partition coefficient (Wildman–Crippen LogP) is 1.05. The van der Waals surface area contributed by atoms with Gasteiger partial charge in [0.2, 0.25) is 0 Å². The Kier molecular flexibility index (Phi) is 4.28. The average molecular weight is 200 g/mol. The zero-order valence-electron chi connectivity index (χ0n) is 7.14. The molecule has 4 nitrogen and oxygen atoms in total. The van der Waals surface area contributed by atoms with Crippen molar-refractivity contribution in [2.24, 2.45) is 10.9 Å². The highest BCUT2D eigenvalue weighted by atomic mass is 32.1. The van der Waals surface area contributed by atoms with Gasteiger partial charge in [-0.2, -0.15) is 0 Å². The monoisotopic (exact) mass is 200 g/mol. The van der Waals surface area contributed by atoms with Crippen LogP contribution >= 0.6 is 11.3 Å². The second-order valence-electron chi connectivity index (χ2n) is 2.47. The van der Waals surface area contributed by atoms with Crippen molar-refractivity contribution in [3.63, 3.8) is 0 Å². The van der Waals surface area contributed by atoms with Crippen molar-refractivity contribution < 1.29 is 9.94 Å². The molecule has 1 heterocycles. The van der Waals surface area contributed by atoms with E-state index in [1.807, 2.05) is 11.4 Å². The smallest absolute Gasteiger partial charge is 0.165 e. The van der Waals surface area contributed by atoms with Gasteiger partial charge in [-0.3, -0.25) is 0 Å². The first-order valence-corrected chi connectivity index (χ1v) is 4.77. The largest absolute Gasteiger partial charge is 0.409 e. The molecule has 1 aromatic rings. The maximum absolute atomic E-state index is 8.20. The SMILES string of the molecule is N/C(COCCc1cccs1)=N/O. The molecule has 0 spiro atoms. The van der Waals surface area contributed by atoms with Gasteiger partial charge in [-0.15, -0.1) is 11.3 Å². The maximum atomic E-state index is 8.20. The van der Waals surface area contributed by atoms with Crippen molar-refractivity contribution in [3.05, 3.63) is 22.4 Å². The van der Waals surface area contributed by atoms with Crippen LogP contribution in [0.2, 0.25) is 0 Å². The normalized spacial score (nSPS) is 11.8. The van der Waals surface area contributed by atoms with E-state index in [1.165, 1.54) is 4.88 Å². The molecule has 1 aromatic heterocycles. The molecule has 13 heavy (non-hydrogen) atoms. The standard InChI is InChI=1S/C8H12N2O2S/c9-8(10-11)6-12-4-3-7-2-1-5-13-7/h1-2,5,11H,3-4,6H2,(H2,9,10). The van der Waals surface area contributed by atoms with Gasteiger partial charge in [0.25, 0.3) is 0 Å². The molecule has 0 aromatic carbocycles. The van der Waals surface area contributed by atoms with Gasteiger partial charge in [0.05, 0.1) is 6.61 Å². The number of hydrogen-bond acceptors (Lipinski definition) is 4. The van der Waals surface area contributed by atoms with E-state index in [0.717, 1.165) is 6.42 Å².